The fraction of sp³-hybridized carbons (Fsp3) is 0.0833. The summed E-state index contributed by atoms with van der Waals surface area (Å²) in [5.41, 5.74) is 3.54. The molecule has 4 nitrogen and oxygen atoms in total. The number of ether oxygens (including phenoxy) is 1. The van der Waals surface area contributed by atoms with Crippen LogP contribution in [0.4, 0.5) is 10.5 Å². The van der Waals surface area contributed by atoms with Crippen LogP contribution in [0.5, 0.6) is 5.75 Å². The maximum Gasteiger partial charge on any atom is 0.298 e. The first-order chi connectivity index (χ1) is 14.5. The number of hydrogen-bond acceptors (Lipinski definition) is 4. The van der Waals surface area contributed by atoms with Crippen molar-refractivity contribution in [1.82, 2.24) is 0 Å². The van der Waals surface area contributed by atoms with E-state index in [-0.39, 0.29) is 11.1 Å². The van der Waals surface area contributed by atoms with Gasteiger partial charge >= 0.3 is 0 Å². The van der Waals surface area contributed by atoms with Crippen molar-refractivity contribution in [3.8, 4) is 5.75 Å². The van der Waals surface area contributed by atoms with Crippen molar-refractivity contribution in [2.45, 2.75) is 13.5 Å². The Balaban J connectivity index is 1.60. The summed E-state index contributed by atoms with van der Waals surface area (Å²) < 4.78 is 6.88. The molecule has 150 valence electrons. The molecule has 30 heavy (non-hydrogen) atoms. The van der Waals surface area contributed by atoms with Gasteiger partial charge in [-0.3, -0.25) is 9.59 Å². The second-order valence-electron chi connectivity index (χ2n) is 6.81. The maximum absolute atomic E-state index is 12.9. The summed E-state index contributed by atoms with van der Waals surface area (Å²) in [7, 11) is 0. The number of halogens is 1. The summed E-state index contributed by atoms with van der Waals surface area (Å²) in [4.78, 5) is 26.9. The van der Waals surface area contributed by atoms with E-state index in [2.05, 4.69) is 15.9 Å². The molecule has 1 fully saturated rings. The molecule has 4 rings (SSSR count). The fourth-order valence-corrected chi connectivity index (χ4v) is 4.23. The second-order valence-corrected chi connectivity index (χ2v) is 8.72. The Hall–Kier alpha value is -2.83. The molecule has 0 radical (unpaired) electrons. The van der Waals surface area contributed by atoms with Gasteiger partial charge in [0, 0.05) is 10.0 Å². The molecule has 0 atom stereocenters. The number of benzene rings is 3. The van der Waals surface area contributed by atoms with Crippen LogP contribution in [0.25, 0.3) is 6.08 Å². The lowest BCUT2D eigenvalue weighted by Crippen LogP contribution is -2.27. The van der Waals surface area contributed by atoms with Crippen LogP contribution in [-0.4, -0.2) is 11.1 Å². The minimum atomic E-state index is -0.333. The van der Waals surface area contributed by atoms with E-state index < -0.39 is 0 Å². The first-order valence-corrected chi connectivity index (χ1v) is 10.9. The number of rotatable bonds is 5. The Morgan fingerprint density at radius 2 is 1.73 bits per heavy atom. The summed E-state index contributed by atoms with van der Waals surface area (Å²) in [6.45, 7) is 2.45. The average Bonchev–Trinajstić information content (AvgIpc) is 3.02. The number of thioether (sulfide) groups is 1. The molecule has 3 aromatic carbocycles. The molecule has 0 spiro atoms. The minimum Gasteiger partial charge on any atom is -0.488 e. The highest BCUT2D eigenvalue weighted by atomic mass is 79.9. The third-order valence-electron chi connectivity index (χ3n) is 4.58. The largest absolute Gasteiger partial charge is 0.488 e. The van der Waals surface area contributed by atoms with E-state index in [1.807, 2.05) is 55.5 Å². The van der Waals surface area contributed by atoms with Crippen LogP contribution in [0, 0.1) is 6.92 Å². The number of hydrogen-bond donors (Lipinski definition) is 0. The number of carbonyl (C=O) groups is 2. The highest BCUT2D eigenvalue weighted by Crippen LogP contribution is 2.37. The van der Waals surface area contributed by atoms with Gasteiger partial charge in [-0.25, -0.2) is 4.90 Å². The average molecular weight is 480 g/mol. The Labute approximate surface area is 187 Å². The van der Waals surface area contributed by atoms with Crippen LogP contribution >= 0.6 is 27.7 Å². The van der Waals surface area contributed by atoms with Crippen LogP contribution < -0.4 is 9.64 Å². The Morgan fingerprint density at radius 3 is 2.47 bits per heavy atom. The van der Waals surface area contributed by atoms with E-state index in [1.165, 1.54) is 10.5 Å². The van der Waals surface area contributed by atoms with Crippen LogP contribution in [0.2, 0.25) is 0 Å². The number of imide groups is 1. The molecule has 1 saturated heterocycles. The van der Waals surface area contributed by atoms with Crippen molar-refractivity contribution in [3.63, 3.8) is 0 Å². The van der Waals surface area contributed by atoms with Gasteiger partial charge in [0.1, 0.15) is 12.4 Å². The van der Waals surface area contributed by atoms with Crippen molar-refractivity contribution < 1.29 is 14.3 Å². The SMILES string of the molecule is Cc1ccc(COc2ccc(Br)cc2/C=C2\SC(=O)N(c3ccccc3)C2=O)cc1. The third-order valence-corrected chi connectivity index (χ3v) is 5.94. The lowest BCUT2D eigenvalue weighted by atomic mass is 10.1. The smallest absolute Gasteiger partial charge is 0.298 e. The first-order valence-electron chi connectivity index (χ1n) is 9.32. The van der Waals surface area contributed by atoms with E-state index >= 15 is 0 Å². The maximum atomic E-state index is 12.9. The van der Waals surface area contributed by atoms with Crippen molar-refractivity contribution in [1.29, 1.82) is 0 Å². The van der Waals surface area contributed by atoms with E-state index in [0.29, 0.717) is 22.9 Å². The van der Waals surface area contributed by atoms with Gasteiger partial charge in [-0.05, 0) is 60.7 Å². The molecule has 0 unspecified atom stereocenters. The van der Waals surface area contributed by atoms with Crippen molar-refractivity contribution in [2.75, 3.05) is 4.90 Å². The monoisotopic (exact) mass is 479 g/mol. The Morgan fingerprint density at radius 1 is 1.00 bits per heavy atom. The topological polar surface area (TPSA) is 46.6 Å². The van der Waals surface area contributed by atoms with Crippen molar-refractivity contribution in [3.05, 3.63) is 98.9 Å². The lowest BCUT2D eigenvalue weighted by molar-refractivity contribution is -0.113. The molecular formula is C24H18BrNO3S. The van der Waals surface area contributed by atoms with Gasteiger partial charge in [0.15, 0.2) is 0 Å². The number of aryl methyl sites for hydroxylation is 1. The summed E-state index contributed by atoms with van der Waals surface area (Å²) in [5.74, 6) is 0.311. The molecular weight excluding hydrogens is 462 g/mol. The molecule has 0 aliphatic carbocycles. The molecule has 2 amide bonds. The molecule has 0 saturated carbocycles. The number of para-hydroxylation sites is 1. The molecule has 1 aliphatic rings. The predicted molar refractivity (Wildman–Crippen MR) is 125 cm³/mol. The zero-order valence-corrected chi connectivity index (χ0v) is 18.6. The fourth-order valence-electron chi connectivity index (χ4n) is 3.02. The van der Waals surface area contributed by atoms with Gasteiger partial charge in [-0.1, -0.05) is 64.0 Å². The molecule has 1 heterocycles. The van der Waals surface area contributed by atoms with Crippen LogP contribution in [-0.2, 0) is 11.4 Å². The molecule has 6 heteroatoms. The van der Waals surface area contributed by atoms with Crippen LogP contribution in [0.15, 0.2) is 82.2 Å². The lowest BCUT2D eigenvalue weighted by Gasteiger charge is -2.12. The number of anilines is 1. The normalized spacial score (nSPS) is 15.1. The molecule has 0 N–H and O–H groups in total. The zero-order valence-electron chi connectivity index (χ0n) is 16.2. The van der Waals surface area contributed by atoms with Gasteiger partial charge in [-0.15, -0.1) is 0 Å². The number of nitrogens with zero attached hydrogens (tertiary/aromatic N) is 1. The van der Waals surface area contributed by atoms with E-state index in [1.54, 1.807) is 30.3 Å². The molecule has 3 aromatic rings. The minimum absolute atomic E-state index is 0.311. The van der Waals surface area contributed by atoms with Crippen LogP contribution in [0.3, 0.4) is 0 Å². The standard InChI is InChI=1S/C24H18BrNO3S/c1-16-7-9-17(10-8-16)15-29-21-12-11-19(25)13-18(21)14-22-23(27)26(24(28)30-22)20-5-3-2-4-6-20/h2-14H,15H2,1H3/b22-14-. The van der Waals surface area contributed by atoms with Gasteiger partial charge in [-0.2, -0.15) is 0 Å². The quantitative estimate of drug-likeness (QED) is 0.387. The highest BCUT2D eigenvalue weighted by molar-refractivity contribution is 9.10. The second kappa shape index (κ2) is 8.90. The Kier molecular flexibility index (Phi) is 6.06. The summed E-state index contributed by atoms with van der Waals surface area (Å²) >= 11 is 4.40. The van der Waals surface area contributed by atoms with E-state index in [9.17, 15) is 9.59 Å². The van der Waals surface area contributed by atoms with E-state index in [4.69, 9.17) is 4.74 Å². The van der Waals surface area contributed by atoms with Gasteiger partial charge < -0.3 is 4.74 Å². The number of amides is 2. The van der Waals surface area contributed by atoms with Gasteiger partial charge in [0.25, 0.3) is 11.1 Å². The summed E-state index contributed by atoms with van der Waals surface area (Å²) in [6.07, 6.45) is 1.71. The molecule has 0 bridgehead atoms. The number of carbonyl (C=O) groups excluding carboxylic acids is 2. The third kappa shape index (κ3) is 4.50. The zero-order chi connectivity index (χ0) is 21.1. The van der Waals surface area contributed by atoms with Crippen molar-refractivity contribution in [2.24, 2.45) is 0 Å². The highest BCUT2D eigenvalue weighted by Gasteiger charge is 2.36. The summed E-state index contributed by atoms with van der Waals surface area (Å²) in [5, 5.41) is -0.311. The van der Waals surface area contributed by atoms with E-state index in [0.717, 1.165) is 27.4 Å². The Bertz CT molecular complexity index is 1130. The predicted octanol–water partition coefficient (Wildman–Crippen LogP) is 6.58. The molecule has 1 aliphatic heterocycles. The molecule has 0 aromatic heterocycles. The van der Waals surface area contributed by atoms with Crippen LogP contribution in [0.1, 0.15) is 16.7 Å². The van der Waals surface area contributed by atoms with Gasteiger partial charge in [0.2, 0.25) is 0 Å². The van der Waals surface area contributed by atoms with Crippen molar-refractivity contribution >= 4 is 50.6 Å². The first kappa shape index (κ1) is 20.4. The van der Waals surface area contributed by atoms with Gasteiger partial charge in [0.05, 0.1) is 10.6 Å². The summed E-state index contributed by atoms with van der Waals surface area (Å²) in [6, 6.07) is 22.7.